The Hall–Kier alpha value is -3.12. The highest BCUT2D eigenvalue weighted by molar-refractivity contribution is 5.93. The van der Waals surface area contributed by atoms with E-state index in [2.05, 4.69) is 17.0 Å². The average Bonchev–Trinajstić information content (AvgIpc) is 3.15. The van der Waals surface area contributed by atoms with E-state index in [-0.39, 0.29) is 11.7 Å². The van der Waals surface area contributed by atoms with Crippen molar-refractivity contribution in [3.63, 3.8) is 0 Å². The highest BCUT2D eigenvalue weighted by Gasteiger charge is 2.24. The van der Waals surface area contributed by atoms with Crippen LogP contribution in [0.5, 0.6) is 5.75 Å². The molecule has 3 aromatic rings. The second-order valence-corrected chi connectivity index (χ2v) is 6.80. The summed E-state index contributed by atoms with van der Waals surface area (Å²) >= 11 is 0. The van der Waals surface area contributed by atoms with Crippen LogP contribution < -0.4 is 0 Å². The van der Waals surface area contributed by atoms with E-state index in [9.17, 15) is 9.90 Å². The topological polar surface area (TPSA) is 61.6 Å². The number of benzene rings is 2. The summed E-state index contributed by atoms with van der Waals surface area (Å²) in [5.41, 5.74) is 3.03. The molecule has 1 aromatic heterocycles. The van der Waals surface area contributed by atoms with Gasteiger partial charge in [0.1, 0.15) is 5.75 Å². The lowest BCUT2D eigenvalue weighted by Crippen LogP contribution is -2.47. The van der Waals surface area contributed by atoms with Gasteiger partial charge in [0.25, 0.3) is 5.91 Å². The summed E-state index contributed by atoms with van der Waals surface area (Å²) < 4.78 is 1.79. The molecule has 2 aromatic carbocycles. The Bertz CT molecular complexity index is 927. The maximum Gasteiger partial charge on any atom is 0.274 e. The predicted molar refractivity (Wildman–Crippen MR) is 104 cm³/mol. The fraction of sp³-hybridized carbons (Fsp3) is 0.238. The average molecular weight is 362 g/mol. The number of aromatic hydroxyl groups is 1. The first-order chi connectivity index (χ1) is 13.1. The van der Waals surface area contributed by atoms with E-state index in [0.29, 0.717) is 18.8 Å². The Labute approximate surface area is 158 Å². The SMILES string of the molecule is CN1CCN(C(=O)c2cc(-c3ccc(O)cc3)n(-c3ccccc3)n2)CC1. The number of amides is 1. The van der Waals surface area contributed by atoms with Crippen molar-refractivity contribution >= 4 is 5.91 Å². The lowest BCUT2D eigenvalue weighted by molar-refractivity contribution is 0.0657. The summed E-state index contributed by atoms with van der Waals surface area (Å²) in [4.78, 5) is 17.1. The first-order valence-corrected chi connectivity index (χ1v) is 9.04. The minimum Gasteiger partial charge on any atom is -0.508 e. The Morgan fingerprint density at radius 2 is 1.63 bits per heavy atom. The van der Waals surface area contributed by atoms with Gasteiger partial charge >= 0.3 is 0 Å². The van der Waals surface area contributed by atoms with Gasteiger partial charge < -0.3 is 14.9 Å². The first-order valence-electron chi connectivity index (χ1n) is 9.04. The summed E-state index contributed by atoms with van der Waals surface area (Å²) in [7, 11) is 2.06. The van der Waals surface area contributed by atoms with Crippen molar-refractivity contribution in [1.29, 1.82) is 0 Å². The maximum atomic E-state index is 13.0. The molecule has 1 aliphatic rings. The summed E-state index contributed by atoms with van der Waals surface area (Å²) in [5, 5.41) is 14.2. The predicted octanol–water partition coefficient (Wildman–Crippen LogP) is 2.63. The van der Waals surface area contributed by atoms with Gasteiger partial charge in [0.15, 0.2) is 5.69 Å². The van der Waals surface area contributed by atoms with Crippen LogP contribution in [0.2, 0.25) is 0 Å². The van der Waals surface area contributed by atoms with E-state index in [0.717, 1.165) is 30.0 Å². The van der Waals surface area contributed by atoms with E-state index in [1.54, 1.807) is 16.8 Å². The van der Waals surface area contributed by atoms with Gasteiger partial charge in [-0.3, -0.25) is 4.79 Å². The fourth-order valence-electron chi connectivity index (χ4n) is 3.26. The summed E-state index contributed by atoms with van der Waals surface area (Å²) in [6.07, 6.45) is 0. The Balaban J connectivity index is 1.73. The zero-order valence-corrected chi connectivity index (χ0v) is 15.2. The highest BCUT2D eigenvalue weighted by Crippen LogP contribution is 2.26. The van der Waals surface area contributed by atoms with Crippen LogP contribution in [0, 0.1) is 0 Å². The van der Waals surface area contributed by atoms with Crippen molar-refractivity contribution in [3.05, 3.63) is 66.4 Å². The molecular weight excluding hydrogens is 340 g/mol. The van der Waals surface area contributed by atoms with Gasteiger partial charge in [0.05, 0.1) is 11.4 Å². The van der Waals surface area contributed by atoms with Gasteiger partial charge in [-0.2, -0.15) is 5.10 Å². The zero-order valence-electron chi connectivity index (χ0n) is 15.2. The van der Waals surface area contributed by atoms with Crippen molar-refractivity contribution in [2.75, 3.05) is 33.2 Å². The van der Waals surface area contributed by atoms with Crippen LogP contribution in [-0.4, -0.2) is 63.8 Å². The Kier molecular flexibility index (Phi) is 4.64. The van der Waals surface area contributed by atoms with Gasteiger partial charge in [-0.25, -0.2) is 4.68 Å². The number of phenols is 1. The molecule has 4 rings (SSSR count). The molecule has 0 bridgehead atoms. The number of phenolic OH excluding ortho intramolecular Hbond substituents is 1. The van der Waals surface area contributed by atoms with Crippen LogP contribution in [0.25, 0.3) is 16.9 Å². The minimum absolute atomic E-state index is 0.0437. The van der Waals surface area contributed by atoms with Gasteiger partial charge in [0.2, 0.25) is 0 Å². The summed E-state index contributed by atoms with van der Waals surface area (Å²) in [6.45, 7) is 3.16. The van der Waals surface area contributed by atoms with Crippen LogP contribution in [-0.2, 0) is 0 Å². The monoisotopic (exact) mass is 362 g/mol. The Morgan fingerprint density at radius 1 is 0.963 bits per heavy atom. The molecule has 0 spiro atoms. The number of hydrogen-bond donors (Lipinski definition) is 1. The molecule has 2 heterocycles. The normalized spacial score (nSPS) is 15.1. The minimum atomic E-state index is -0.0437. The standard InChI is InChI=1S/C21H22N4O2/c1-23-11-13-24(14-12-23)21(27)19-15-20(16-7-9-18(26)10-8-16)25(22-19)17-5-3-2-4-6-17/h2-10,15,26H,11-14H2,1H3. The third-order valence-electron chi connectivity index (χ3n) is 4.88. The lowest BCUT2D eigenvalue weighted by Gasteiger charge is -2.31. The largest absolute Gasteiger partial charge is 0.508 e. The molecule has 0 atom stereocenters. The van der Waals surface area contributed by atoms with Crippen molar-refractivity contribution in [3.8, 4) is 22.7 Å². The van der Waals surface area contributed by atoms with E-state index >= 15 is 0 Å². The molecule has 27 heavy (non-hydrogen) atoms. The fourth-order valence-corrected chi connectivity index (χ4v) is 3.26. The number of carbonyl (C=O) groups is 1. The first kappa shape index (κ1) is 17.3. The Morgan fingerprint density at radius 3 is 2.30 bits per heavy atom. The van der Waals surface area contributed by atoms with E-state index < -0.39 is 0 Å². The molecule has 0 saturated carbocycles. The molecule has 0 radical (unpaired) electrons. The number of likely N-dealkylation sites (N-methyl/N-ethyl adjacent to an activating group) is 1. The third-order valence-corrected chi connectivity index (χ3v) is 4.88. The summed E-state index contributed by atoms with van der Waals surface area (Å²) in [6, 6.07) is 18.5. The second kappa shape index (κ2) is 7.25. The molecule has 1 fully saturated rings. The number of hydrogen-bond acceptors (Lipinski definition) is 4. The van der Waals surface area contributed by atoms with Gasteiger partial charge in [-0.05, 0) is 49.5 Å². The number of rotatable bonds is 3. The van der Waals surface area contributed by atoms with Crippen LogP contribution in [0.15, 0.2) is 60.7 Å². The number of aromatic nitrogens is 2. The van der Waals surface area contributed by atoms with E-state index in [1.807, 2.05) is 53.4 Å². The smallest absolute Gasteiger partial charge is 0.274 e. The van der Waals surface area contributed by atoms with E-state index in [1.165, 1.54) is 0 Å². The van der Waals surface area contributed by atoms with E-state index in [4.69, 9.17) is 0 Å². The van der Waals surface area contributed by atoms with Crippen molar-refractivity contribution < 1.29 is 9.90 Å². The maximum absolute atomic E-state index is 13.0. The molecule has 0 aliphatic carbocycles. The molecular formula is C21H22N4O2. The van der Waals surface area contributed by atoms with Crippen molar-refractivity contribution in [2.24, 2.45) is 0 Å². The molecule has 1 aliphatic heterocycles. The molecule has 6 heteroatoms. The quantitative estimate of drug-likeness (QED) is 0.778. The molecule has 0 unspecified atom stereocenters. The number of nitrogens with zero attached hydrogens (tertiary/aromatic N) is 4. The van der Waals surface area contributed by atoms with Crippen LogP contribution in [0.4, 0.5) is 0 Å². The number of carbonyl (C=O) groups excluding carboxylic acids is 1. The lowest BCUT2D eigenvalue weighted by atomic mass is 10.1. The summed E-state index contributed by atoms with van der Waals surface area (Å²) in [5.74, 6) is 0.163. The zero-order chi connectivity index (χ0) is 18.8. The van der Waals surface area contributed by atoms with Gasteiger partial charge in [0, 0.05) is 31.7 Å². The van der Waals surface area contributed by atoms with Gasteiger partial charge in [-0.15, -0.1) is 0 Å². The van der Waals surface area contributed by atoms with Crippen molar-refractivity contribution in [1.82, 2.24) is 19.6 Å². The second-order valence-electron chi connectivity index (χ2n) is 6.80. The molecule has 138 valence electrons. The number of para-hydroxylation sites is 1. The third kappa shape index (κ3) is 3.57. The molecule has 1 saturated heterocycles. The van der Waals surface area contributed by atoms with Crippen LogP contribution in [0.1, 0.15) is 10.5 Å². The van der Waals surface area contributed by atoms with Crippen LogP contribution >= 0.6 is 0 Å². The molecule has 1 amide bonds. The number of piperazine rings is 1. The molecule has 1 N–H and O–H groups in total. The highest BCUT2D eigenvalue weighted by atomic mass is 16.3. The van der Waals surface area contributed by atoms with Crippen molar-refractivity contribution in [2.45, 2.75) is 0 Å². The van der Waals surface area contributed by atoms with Crippen LogP contribution in [0.3, 0.4) is 0 Å². The molecule has 6 nitrogen and oxygen atoms in total. The van der Waals surface area contributed by atoms with Gasteiger partial charge in [-0.1, -0.05) is 18.2 Å².